The van der Waals surface area contributed by atoms with Crippen LogP contribution in [-0.2, 0) is 9.59 Å². The molecule has 1 amide bonds. The minimum Gasteiger partial charge on any atom is -0.480 e. The first kappa shape index (κ1) is 13.4. The van der Waals surface area contributed by atoms with E-state index < -0.39 is 12.0 Å². The number of likely N-dealkylation sites (N-methyl/N-ethyl adjacent to an activating group) is 1. The number of piperazine rings is 1. The molecular formula is C14H18N2O3. The molecule has 5 heteroatoms. The summed E-state index contributed by atoms with van der Waals surface area (Å²) in [7, 11) is 1.63. The molecule has 1 aromatic rings. The van der Waals surface area contributed by atoms with Crippen LogP contribution in [0.15, 0.2) is 18.2 Å². The number of aliphatic carboxylic acids is 1. The second-order valence-corrected chi connectivity index (χ2v) is 5.02. The zero-order valence-corrected chi connectivity index (χ0v) is 11.4. The van der Waals surface area contributed by atoms with Crippen molar-refractivity contribution >= 4 is 17.6 Å². The van der Waals surface area contributed by atoms with Crippen LogP contribution in [0.3, 0.4) is 0 Å². The predicted molar refractivity (Wildman–Crippen MR) is 72.3 cm³/mol. The molecular weight excluding hydrogens is 244 g/mol. The Morgan fingerprint density at radius 1 is 1.32 bits per heavy atom. The van der Waals surface area contributed by atoms with Crippen molar-refractivity contribution in [2.24, 2.45) is 0 Å². The van der Waals surface area contributed by atoms with Gasteiger partial charge in [-0.1, -0.05) is 6.07 Å². The average Bonchev–Trinajstić information content (AvgIpc) is 2.35. The fraction of sp³-hybridized carbons (Fsp3) is 0.429. The smallest absolute Gasteiger partial charge is 0.328 e. The predicted octanol–water partition coefficient (Wildman–Crippen LogP) is 1.04. The molecule has 1 aliphatic heterocycles. The van der Waals surface area contributed by atoms with Crippen LogP contribution in [0.2, 0.25) is 0 Å². The van der Waals surface area contributed by atoms with Gasteiger partial charge in [-0.2, -0.15) is 0 Å². The SMILES string of the molecule is Cc1ccc(N2CC(=O)N(C)CC2C(=O)O)cc1C. The molecule has 2 rings (SSSR count). The largest absolute Gasteiger partial charge is 0.480 e. The lowest BCUT2D eigenvalue weighted by Gasteiger charge is -2.38. The number of nitrogens with zero attached hydrogens (tertiary/aromatic N) is 2. The van der Waals surface area contributed by atoms with E-state index in [1.54, 1.807) is 11.9 Å². The van der Waals surface area contributed by atoms with Gasteiger partial charge in [-0.05, 0) is 37.1 Å². The Bertz CT molecular complexity index is 527. The zero-order chi connectivity index (χ0) is 14.2. The number of amides is 1. The summed E-state index contributed by atoms with van der Waals surface area (Å²) in [4.78, 5) is 26.3. The monoisotopic (exact) mass is 262 g/mol. The molecule has 0 aromatic heterocycles. The van der Waals surface area contributed by atoms with Crippen LogP contribution < -0.4 is 4.90 Å². The molecule has 0 spiro atoms. The third kappa shape index (κ3) is 2.54. The van der Waals surface area contributed by atoms with Crippen molar-refractivity contribution in [1.82, 2.24) is 4.90 Å². The molecule has 19 heavy (non-hydrogen) atoms. The summed E-state index contributed by atoms with van der Waals surface area (Å²) in [5.74, 6) is -0.965. The summed E-state index contributed by atoms with van der Waals surface area (Å²) >= 11 is 0. The van der Waals surface area contributed by atoms with Crippen molar-refractivity contribution in [2.45, 2.75) is 19.9 Å². The number of hydrogen-bond acceptors (Lipinski definition) is 3. The first-order valence-corrected chi connectivity index (χ1v) is 6.21. The van der Waals surface area contributed by atoms with Crippen LogP contribution >= 0.6 is 0 Å². The van der Waals surface area contributed by atoms with Gasteiger partial charge in [0.1, 0.15) is 6.04 Å². The van der Waals surface area contributed by atoms with Crippen LogP contribution in [0.4, 0.5) is 5.69 Å². The summed E-state index contributed by atoms with van der Waals surface area (Å²) < 4.78 is 0. The number of carbonyl (C=O) groups excluding carboxylic acids is 1. The Kier molecular flexibility index (Phi) is 3.46. The molecule has 0 bridgehead atoms. The molecule has 1 heterocycles. The number of rotatable bonds is 2. The van der Waals surface area contributed by atoms with Gasteiger partial charge in [0.05, 0.1) is 13.1 Å². The molecule has 1 atom stereocenters. The van der Waals surface area contributed by atoms with Gasteiger partial charge < -0.3 is 14.9 Å². The first-order valence-electron chi connectivity index (χ1n) is 6.21. The van der Waals surface area contributed by atoms with E-state index in [1.165, 1.54) is 4.90 Å². The fourth-order valence-electron chi connectivity index (χ4n) is 2.22. The highest BCUT2D eigenvalue weighted by atomic mass is 16.4. The second-order valence-electron chi connectivity index (χ2n) is 5.02. The molecule has 1 unspecified atom stereocenters. The van der Waals surface area contributed by atoms with Gasteiger partial charge in [-0.3, -0.25) is 4.79 Å². The molecule has 1 aliphatic rings. The molecule has 1 saturated heterocycles. The second kappa shape index (κ2) is 4.91. The van der Waals surface area contributed by atoms with Crippen molar-refractivity contribution < 1.29 is 14.7 Å². The summed E-state index contributed by atoms with van der Waals surface area (Å²) in [5, 5.41) is 9.32. The van der Waals surface area contributed by atoms with Crippen LogP contribution in [0.5, 0.6) is 0 Å². The van der Waals surface area contributed by atoms with Crippen molar-refractivity contribution in [3.8, 4) is 0 Å². The lowest BCUT2D eigenvalue weighted by atomic mass is 10.1. The normalized spacial score (nSPS) is 19.7. The Hall–Kier alpha value is -2.04. The first-order chi connectivity index (χ1) is 8.90. The topological polar surface area (TPSA) is 60.9 Å². The van der Waals surface area contributed by atoms with E-state index in [9.17, 15) is 14.7 Å². The summed E-state index contributed by atoms with van der Waals surface area (Å²) in [5.41, 5.74) is 3.03. The summed E-state index contributed by atoms with van der Waals surface area (Å²) in [6, 6.07) is 5.07. The maximum atomic E-state index is 11.8. The fourth-order valence-corrected chi connectivity index (χ4v) is 2.22. The molecule has 5 nitrogen and oxygen atoms in total. The van der Waals surface area contributed by atoms with Crippen LogP contribution in [0.1, 0.15) is 11.1 Å². The number of benzene rings is 1. The molecule has 1 fully saturated rings. The van der Waals surface area contributed by atoms with Gasteiger partial charge >= 0.3 is 5.97 Å². The van der Waals surface area contributed by atoms with E-state index in [0.29, 0.717) is 0 Å². The zero-order valence-electron chi connectivity index (χ0n) is 11.4. The minimum absolute atomic E-state index is 0.0595. The quantitative estimate of drug-likeness (QED) is 0.865. The van der Waals surface area contributed by atoms with Crippen LogP contribution in [0.25, 0.3) is 0 Å². The van der Waals surface area contributed by atoms with Gasteiger partial charge in [-0.15, -0.1) is 0 Å². The van der Waals surface area contributed by atoms with Crippen molar-refractivity contribution in [3.63, 3.8) is 0 Å². The van der Waals surface area contributed by atoms with E-state index in [2.05, 4.69) is 0 Å². The maximum absolute atomic E-state index is 11.8. The number of carboxylic acid groups (broad SMARTS) is 1. The van der Waals surface area contributed by atoms with Crippen LogP contribution in [-0.4, -0.2) is 48.1 Å². The lowest BCUT2D eigenvalue weighted by Crippen LogP contribution is -2.58. The van der Waals surface area contributed by atoms with Crippen molar-refractivity contribution in [2.75, 3.05) is 25.0 Å². The number of carbonyl (C=O) groups is 2. The highest BCUT2D eigenvalue weighted by molar-refractivity contribution is 5.89. The summed E-state index contributed by atoms with van der Waals surface area (Å²) in [6.07, 6.45) is 0. The van der Waals surface area contributed by atoms with Gasteiger partial charge in [-0.25, -0.2) is 4.79 Å². The Morgan fingerprint density at radius 3 is 2.58 bits per heavy atom. The van der Waals surface area contributed by atoms with E-state index in [-0.39, 0.29) is 19.0 Å². The molecule has 1 N–H and O–H groups in total. The Morgan fingerprint density at radius 2 is 2.00 bits per heavy atom. The highest BCUT2D eigenvalue weighted by Gasteiger charge is 2.35. The summed E-state index contributed by atoms with van der Waals surface area (Å²) in [6.45, 7) is 4.30. The number of hydrogen-bond donors (Lipinski definition) is 1. The molecule has 0 aliphatic carbocycles. The average molecular weight is 262 g/mol. The number of anilines is 1. The van der Waals surface area contributed by atoms with Crippen LogP contribution in [0, 0.1) is 13.8 Å². The number of aryl methyl sites for hydroxylation is 2. The highest BCUT2D eigenvalue weighted by Crippen LogP contribution is 2.23. The molecule has 1 aromatic carbocycles. The standard InChI is InChI=1S/C14H18N2O3/c1-9-4-5-11(6-10(9)2)16-8-13(17)15(3)7-12(16)14(18)19/h4-6,12H,7-8H2,1-3H3,(H,18,19). The third-order valence-corrected chi connectivity index (χ3v) is 3.66. The van der Waals surface area contributed by atoms with E-state index in [1.807, 2.05) is 32.0 Å². The molecule has 102 valence electrons. The van der Waals surface area contributed by atoms with Gasteiger partial charge in [0, 0.05) is 12.7 Å². The molecule has 0 saturated carbocycles. The van der Waals surface area contributed by atoms with Crippen molar-refractivity contribution in [3.05, 3.63) is 29.3 Å². The Labute approximate surface area is 112 Å². The van der Waals surface area contributed by atoms with E-state index in [0.717, 1.165) is 16.8 Å². The molecule has 0 radical (unpaired) electrons. The van der Waals surface area contributed by atoms with Gasteiger partial charge in [0.25, 0.3) is 0 Å². The van der Waals surface area contributed by atoms with Gasteiger partial charge in [0.2, 0.25) is 5.91 Å². The maximum Gasteiger partial charge on any atom is 0.328 e. The van der Waals surface area contributed by atoms with E-state index in [4.69, 9.17) is 0 Å². The van der Waals surface area contributed by atoms with Gasteiger partial charge in [0.15, 0.2) is 0 Å². The van der Waals surface area contributed by atoms with E-state index >= 15 is 0 Å². The number of carboxylic acids is 1. The Balaban J connectivity index is 2.36. The minimum atomic E-state index is -0.905. The third-order valence-electron chi connectivity index (χ3n) is 3.66. The lowest BCUT2D eigenvalue weighted by molar-refractivity contribution is -0.141. The van der Waals surface area contributed by atoms with Crippen molar-refractivity contribution in [1.29, 1.82) is 0 Å².